The number of rotatable bonds is 7. The van der Waals surface area contributed by atoms with Gasteiger partial charge >= 0.3 is 5.63 Å². The first kappa shape index (κ1) is 19.1. The molecular formula is C20H19NO7. The number of methoxy groups -OCH3 is 3. The Kier molecular flexibility index (Phi) is 5.69. The number of carbonyl (C=O) groups excluding carboxylic acids is 1. The molecular weight excluding hydrogens is 366 g/mol. The van der Waals surface area contributed by atoms with Crippen LogP contribution in [0.2, 0.25) is 0 Å². The molecule has 0 atom stereocenters. The number of hydrogen-bond donors (Lipinski definition) is 1. The van der Waals surface area contributed by atoms with Crippen LogP contribution in [0.3, 0.4) is 0 Å². The van der Waals surface area contributed by atoms with Gasteiger partial charge in [0, 0.05) is 29.3 Å². The van der Waals surface area contributed by atoms with Crippen LogP contribution in [-0.4, -0.2) is 33.8 Å². The van der Waals surface area contributed by atoms with Crippen molar-refractivity contribution in [2.75, 3.05) is 33.3 Å². The molecule has 0 saturated heterocycles. The third-order valence-electron chi connectivity index (χ3n) is 3.93. The molecule has 3 aromatic rings. The van der Waals surface area contributed by atoms with Crippen molar-refractivity contribution in [3.05, 3.63) is 52.9 Å². The first-order chi connectivity index (χ1) is 13.5. The third-order valence-corrected chi connectivity index (χ3v) is 3.93. The Morgan fingerprint density at radius 2 is 1.61 bits per heavy atom. The van der Waals surface area contributed by atoms with Crippen LogP contribution in [0.5, 0.6) is 23.0 Å². The SMILES string of the molecule is COc1ccc(NC(=O)COc2cc3oc(=O)ccc3cc2OC)cc1OC. The Labute approximate surface area is 160 Å². The van der Waals surface area contributed by atoms with Crippen molar-refractivity contribution in [3.8, 4) is 23.0 Å². The first-order valence-electron chi connectivity index (χ1n) is 8.30. The van der Waals surface area contributed by atoms with Crippen molar-refractivity contribution in [1.29, 1.82) is 0 Å². The number of benzene rings is 2. The molecule has 146 valence electrons. The van der Waals surface area contributed by atoms with Gasteiger partial charge in [0.1, 0.15) is 5.58 Å². The van der Waals surface area contributed by atoms with Crippen LogP contribution in [0.15, 0.2) is 51.7 Å². The fourth-order valence-corrected chi connectivity index (χ4v) is 2.60. The normalized spacial score (nSPS) is 10.4. The maximum Gasteiger partial charge on any atom is 0.336 e. The standard InChI is InChI=1S/C20H19NO7/c1-24-14-6-5-13(9-17(14)26-3)21-19(22)11-27-18-10-15-12(8-16(18)25-2)4-7-20(23)28-15/h4-10H,11H2,1-3H3,(H,21,22). The zero-order chi connectivity index (χ0) is 20.1. The summed E-state index contributed by atoms with van der Waals surface area (Å²) in [6.45, 7) is -0.271. The second-order valence-electron chi connectivity index (χ2n) is 5.70. The summed E-state index contributed by atoms with van der Waals surface area (Å²) >= 11 is 0. The van der Waals surface area contributed by atoms with Gasteiger partial charge in [-0.1, -0.05) is 0 Å². The minimum Gasteiger partial charge on any atom is -0.493 e. The predicted octanol–water partition coefficient (Wildman–Crippen LogP) is 2.84. The fourth-order valence-electron chi connectivity index (χ4n) is 2.60. The fraction of sp³-hybridized carbons (Fsp3) is 0.200. The van der Waals surface area contributed by atoms with Crippen LogP contribution in [0.1, 0.15) is 0 Å². The van der Waals surface area contributed by atoms with E-state index in [0.717, 1.165) is 0 Å². The minimum atomic E-state index is -0.477. The van der Waals surface area contributed by atoms with E-state index < -0.39 is 5.63 Å². The van der Waals surface area contributed by atoms with Gasteiger partial charge in [0.15, 0.2) is 29.6 Å². The zero-order valence-electron chi connectivity index (χ0n) is 15.6. The molecule has 8 heteroatoms. The number of amides is 1. The van der Waals surface area contributed by atoms with E-state index in [-0.39, 0.29) is 18.3 Å². The van der Waals surface area contributed by atoms with Gasteiger partial charge in [0.25, 0.3) is 5.91 Å². The highest BCUT2D eigenvalue weighted by Gasteiger charge is 2.12. The number of hydrogen-bond acceptors (Lipinski definition) is 7. The van der Waals surface area contributed by atoms with Gasteiger partial charge in [-0.05, 0) is 24.3 Å². The Hall–Kier alpha value is -3.68. The van der Waals surface area contributed by atoms with Crippen LogP contribution in [0, 0.1) is 0 Å². The van der Waals surface area contributed by atoms with Gasteiger partial charge in [0.2, 0.25) is 0 Å². The average Bonchev–Trinajstić information content (AvgIpc) is 2.71. The van der Waals surface area contributed by atoms with Crippen molar-refractivity contribution < 1.29 is 28.2 Å². The van der Waals surface area contributed by atoms with Gasteiger partial charge < -0.3 is 28.7 Å². The maximum atomic E-state index is 12.2. The third kappa shape index (κ3) is 4.17. The van der Waals surface area contributed by atoms with Gasteiger partial charge in [-0.2, -0.15) is 0 Å². The second kappa shape index (κ2) is 8.34. The molecule has 0 bridgehead atoms. The molecule has 1 heterocycles. The molecule has 0 aliphatic rings. The lowest BCUT2D eigenvalue weighted by molar-refractivity contribution is -0.118. The summed E-state index contributed by atoms with van der Waals surface area (Å²) < 4.78 is 26.3. The molecule has 0 radical (unpaired) electrons. The number of ether oxygens (including phenoxy) is 4. The van der Waals surface area contributed by atoms with Crippen LogP contribution >= 0.6 is 0 Å². The molecule has 0 aliphatic heterocycles. The van der Waals surface area contributed by atoms with Gasteiger partial charge in [-0.3, -0.25) is 4.79 Å². The number of fused-ring (bicyclic) bond motifs is 1. The molecule has 0 fully saturated rings. The van der Waals surface area contributed by atoms with E-state index in [1.54, 1.807) is 30.3 Å². The van der Waals surface area contributed by atoms with Gasteiger partial charge in [-0.15, -0.1) is 0 Å². The Bertz CT molecular complexity index is 1060. The molecule has 0 aliphatic carbocycles. The molecule has 0 unspecified atom stereocenters. The molecule has 0 saturated carbocycles. The minimum absolute atomic E-state index is 0.271. The summed E-state index contributed by atoms with van der Waals surface area (Å²) in [6, 6.07) is 11.1. The molecule has 28 heavy (non-hydrogen) atoms. The quantitative estimate of drug-likeness (QED) is 0.625. The predicted molar refractivity (Wildman–Crippen MR) is 103 cm³/mol. The summed E-state index contributed by atoms with van der Waals surface area (Å²) in [5.41, 5.74) is 0.390. The van der Waals surface area contributed by atoms with Gasteiger partial charge in [-0.25, -0.2) is 4.79 Å². The van der Waals surface area contributed by atoms with Crippen molar-refractivity contribution in [3.63, 3.8) is 0 Å². The molecule has 1 aromatic heterocycles. The van der Waals surface area contributed by atoms with Crippen molar-refractivity contribution in [2.24, 2.45) is 0 Å². The zero-order valence-corrected chi connectivity index (χ0v) is 15.6. The summed E-state index contributed by atoms with van der Waals surface area (Å²) in [7, 11) is 4.52. The number of nitrogens with one attached hydrogen (secondary N) is 1. The Morgan fingerprint density at radius 1 is 0.893 bits per heavy atom. The topological polar surface area (TPSA) is 96.2 Å². The summed E-state index contributed by atoms with van der Waals surface area (Å²) in [4.78, 5) is 23.6. The van der Waals surface area contributed by atoms with Crippen molar-refractivity contribution in [1.82, 2.24) is 0 Å². The smallest absolute Gasteiger partial charge is 0.336 e. The maximum absolute atomic E-state index is 12.2. The molecule has 1 amide bonds. The lowest BCUT2D eigenvalue weighted by atomic mass is 10.2. The summed E-state index contributed by atoms with van der Waals surface area (Å²) in [6.07, 6.45) is 0. The monoisotopic (exact) mass is 385 g/mol. The molecule has 1 N–H and O–H groups in total. The first-order valence-corrected chi connectivity index (χ1v) is 8.30. The van der Waals surface area contributed by atoms with E-state index in [0.29, 0.717) is 33.9 Å². The highest BCUT2D eigenvalue weighted by Crippen LogP contribution is 2.32. The van der Waals surface area contributed by atoms with Crippen molar-refractivity contribution >= 4 is 22.6 Å². The highest BCUT2D eigenvalue weighted by atomic mass is 16.5. The summed E-state index contributed by atoms with van der Waals surface area (Å²) in [5.74, 6) is 1.36. The van der Waals surface area contributed by atoms with E-state index in [4.69, 9.17) is 23.4 Å². The van der Waals surface area contributed by atoms with Crippen LogP contribution in [0.25, 0.3) is 11.0 Å². The van der Waals surface area contributed by atoms with E-state index in [1.807, 2.05) is 0 Å². The molecule has 0 spiro atoms. The van der Waals surface area contributed by atoms with Gasteiger partial charge in [0.05, 0.1) is 21.3 Å². The van der Waals surface area contributed by atoms with E-state index in [9.17, 15) is 9.59 Å². The average molecular weight is 385 g/mol. The number of carbonyl (C=O) groups is 1. The lowest BCUT2D eigenvalue weighted by Gasteiger charge is -2.13. The molecule has 2 aromatic carbocycles. The Morgan fingerprint density at radius 3 is 2.32 bits per heavy atom. The van der Waals surface area contributed by atoms with E-state index in [2.05, 4.69) is 5.32 Å². The number of anilines is 1. The lowest BCUT2D eigenvalue weighted by Crippen LogP contribution is -2.20. The van der Waals surface area contributed by atoms with Crippen LogP contribution in [-0.2, 0) is 4.79 Å². The molecule has 8 nitrogen and oxygen atoms in total. The Balaban J connectivity index is 1.73. The van der Waals surface area contributed by atoms with E-state index >= 15 is 0 Å². The highest BCUT2D eigenvalue weighted by molar-refractivity contribution is 5.92. The largest absolute Gasteiger partial charge is 0.493 e. The second-order valence-corrected chi connectivity index (χ2v) is 5.70. The molecule has 3 rings (SSSR count). The van der Waals surface area contributed by atoms with Crippen LogP contribution in [0.4, 0.5) is 5.69 Å². The van der Waals surface area contributed by atoms with E-state index in [1.165, 1.54) is 33.5 Å². The van der Waals surface area contributed by atoms with Crippen LogP contribution < -0.4 is 29.9 Å². The summed E-state index contributed by atoms with van der Waals surface area (Å²) in [5, 5.41) is 3.39. The van der Waals surface area contributed by atoms with Crippen molar-refractivity contribution in [2.45, 2.75) is 0 Å².